The minimum Gasteiger partial charge on any atom is -0.497 e. The average molecular weight is 1990 g/mol. The highest BCUT2D eigenvalue weighted by atomic mass is 19.1. The number of furan rings is 4. The smallest absolute Gasteiger partial charge is 0.257 e. The highest BCUT2D eigenvalue weighted by Crippen LogP contribution is 2.47. The lowest BCUT2D eigenvalue weighted by atomic mass is 9.82. The number of amides is 12. The standard InChI is InChI=1S/2C27H29N5O5.C26H26FN5O5.C25H25N5O5/c1-3-30-8-10-31(11-9-30)23-7-6-21-20(28-23)13-22(37-21)27(14-24(33)29-26(27)35)16-32-15-17-4-5-18(36-2)12-19(17)25(32)34;1-3-17-14-31(9-8-28-17)23-7-6-21-20(29-23)11-22(37-21)27(12-24(33)30-26(27)35)15-32-13-16-4-5-18(36-2)10-19(16)25(32)34;1-30-7-9-31(10-8-30)20-6-5-17-16(28-20)11-19(37-17)26(12-21(33)29-25(26)35)14-32-13-15-3-4-18(36-2)23(27)22(15)24(32)34;1-34-16-3-2-15-13-30(23(32)17(15)10-16)14-25(12-22(31)28-24(25)33)20-11-18-19(35-20)4-5-21(27-18)29-8-6-26-7-9-29/h4-7,12-13H,3,8-11,14-16H2,1-2H3,(H,29,33,35);4-7,10-11,17,28H,3,8-9,12-15H2,1-2H3,(H,30,33,35);3-6,11H,7-10,12-14H2,1-2H3,(H,29,33,35);2-5,10-11,26H,6-9,12-14H2,1H3,(H,28,31,33)/t27-;17-,27-;26-;25-/m1111/s1. The number of imide groups is 4. The molecule has 4 aromatic carbocycles. The minimum atomic E-state index is -1.45. The highest BCUT2D eigenvalue weighted by Gasteiger charge is 2.58. The summed E-state index contributed by atoms with van der Waals surface area (Å²) >= 11 is 0. The van der Waals surface area contributed by atoms with Crippen LogP contribution in [0.3, 0.4) is 0 Å². The molecule has 12 aliphatic heterocycles. The van der Waals surface area contributed by atoms with Crippen LogP contribution in [0.2, 0.25) is 0 Å². The van der Waals surface area contributed by atoms with Gasteiger partial charge in [-0.25, -0.2) is 24.3 Å². The van der Waals surface area contributed by atoms with Gasteiger partial charge in [0.05, 0.1) is 59.7 Å². The number of carbonyl (C=O) groups is 12. The third-order valence-corrected chi connectivity index (χ3v) is 30.1. The van der Waals surface area contributed by atoms with E-state index in [1.54, 1.807) is 103 Å². The number of hydrogen-bond acceptors (Lipinski definition) is 32. The van der Waals surface area contributed by atoms with E-state index < -0.39 is 80.6 Å². The quantitative estimate of drug-likeness (QED) is 0.0383. The Morgan fingerprint density at radius 1 is 0.370 bits per heavy atom. The van der Waals surface area contributed by atoms with Crippen molar-refractivity contribution >= 4 is 139 Å². The first-order valence-corrected chi connectivity index (χ1v) is 49.0. The van der Waals surface area contributed by atoms with Crippen LogP contribution in [0.15, 0.2) is 157 Å². The van der Waals surface area contributed by atoms with Gasteiger partial charge in [0.15, 0.2) is 33.9 Å². The number of pyridine rings is 4. The summed E-state index contributed by atoms with van der Waals surface area (Å²) in [5, 5.41) is 16.4. The number of piperazine rings is 4. The zero-order chi connectivity index (χ0) is 102. The lowest BCUT2D eigenvalue weighted by Crippen LogP contribution is -2.50. The van der Waals surface area contributed by atoms with E-state index in [4.69, 9.17) is 56.6 Å². The molecule has 8 fully saturated rings. The number of nitrogens with one attached hydrogen (secondary N) is 6. The van der Waals surface area contributed by atoms with Gasteiger partial charge in [0.2, 0.25) is 47.3 Å². The molecule has 0 spiro atoms. The predicted octanol–water partition coefficient (Wildman–Crippen LogP) is 6.74. The largest absolute Gasteiger partial charge is 0.497 e. The van der Waals surface area contributed by atoms with Crippen LogP contribution in [0.4, 0.5) is 27.7 Å². The second kappa shape index (κ2) is 38.7. The number of nitrogens with zero attached hydrogens (tertiary/aromatic N) is 14. The molecule has 0 aliphatic carbocycles. The fourth-order valence-corrected chi connectivity index (χ4v) is 21.8. The third-order valence-electron chi connectivity index (χ3n) is 30.1. The van der Waals surface area contributed by atoms with Gasteiger partial charge in [0.25, 0.3) is 23.6 Å². The third kappa shape index (κ3) is 17.7. The van der Waals surface area contributed by atoms with Crippen molar-refractivity contribution in [3.8, 4) is 23.0 Å². The van der Waals surface area contributed by atoms with Crippen molar-refractivity contribution in [1.29, 1.82) is 0 Å². The maximum absolute atomic E-state index is 14.9. The maximum Gasteiger partial charge on any atom is 0.257 e. The summed E-state index contributed by atoms with van der Waals surface area (Å²) in [6, 6.07) is 41.5. The van der Waals surface area contributed by atoms with Crippen molar-refractivity contribution in [2.75, 3.05) is 186 Å². The zero-order valence-corrected chi connectivity index (χ0v) is 81.7. The Labute approximate surface area is 835 Å². The molecule has 41 heteroatoms. The first-order valence-electron chi connectivity index (χ1n) is 49.0. The molecule has 146 heavy (non-hydrogen) atoms. The lowest BCUT2D eigenvalue weighted by Gasteiger charge is -2.34. The Kier molecular flexibility index (Phi) is 25.6. The number of methoxy groups -OCH3 is 4. The molecule has 8 aromatic heterocycles. The summed E-state index contributed by atoms with van der Waals surface area (Å²) < 4.78 is 60.2. The monoisotopic (exact) mass is 1990 g/mol. The second-order valence-corrected chi connectivity index (χ2v) is 39.0. The van der Waals surface area contributed by atoms with E-state index in [0.717, 1.165) is 151 Å². The van der Waals surface area contributed by atoms with Crippen molar-refractivity contribution in [1.82, 2.24) is 81.2 Å². The van der Waals surface area contributed by atoms with E-state index in [1.165, 1.54) is 18.1 Å². The molecule has 40 nitrogen and oxygen atoms in total. The molecule has 20 heterocycles. The van der Waals surface area contributed by atoms with E-state index in [1.807, 2.05) is 66.7 Å². The van der Waals surface area contributed by atoms with Crippen molar-refractivity contribution in [3.63, 3.8) is 0 Å². The molecular weight excluding hydrogens is 1880 g/mol. The van der Waals surface area contributed by atoms with Crippen LogP contribution in [0, 0.1) is 5.82 Å². The highest BCUT2D eigenvalue weighted by molar-refractivity contribution is 6.13. The molecular formula is C105H109FN20O20. The molecule has 8 saturated heterocycles. The van der Waals surface area contributed by atoms with Crippen molar-refractivity contribution in [2.45, 2.75) is 99.8 Å². The number of likely N-dealkylation sites (N-methyl/N-ethyl adjacent to an activating group) is 2. The fraction of sp³-hybridized carbons (Fsp3) is 0.390. The predicted molar refractivity (Wildman–Crippen MR) is 528 cm³/mol. The number of rotatable bonds is 22. The number of anilines is 4. The van der Waals surface area contributed by atoms with Crippen LogP contribution in [0.5, 0.6) is 23.0 Å². The van der Waals surface area contributed by atoms with Gasteiger partial charge in [-0.2, -0.15) is 0 Å². The topological polar surface area (TPSA) is 450 Å². The maximum atomic E-state index is 14.9. The van der Waals surface area contributed by atoms with E-state index >= 15 is 0 Å². The van der Waals surface area contributed by atoms with Crippen LogP contribution in [-0.2, 0) is 86.2 Å². The normalized spacial score (nSPS) is 22.5. The van der Waals surface area contributed by atoms with Gasteiger partial charge in [0, 0.05) is 198 Å². The van der Waals surface area contributed by atoms with Gasteiger partial charge < -0.3 is 96.2 Å². The summed E-state index contributed by atoms with van der Waals surface area (Å²) in [7, 11) is 8.06. The summed E-state index contributed by atoms with van der Waals surface area (Å²) in [6.45, 7) is 19.8. The minimum absolute atomic E-state index is 0.0169. The molecule has 0 bridgehead atoms. The van der Waals surface area contributed by atoms with Crippen LogP contribution in [-0.4, -0.2) is 293 Å². The Balaban J connectivity index is 0.000000114. The molecule has 5 atom stereocenters. The number of halogens is 1. The summed E-state index contributed by atoms with van der Waals surface area (Å²) in [6.07, 6.45) is 0.549. The molecule has 12 aromatic rings. The number of aromatic nitrogens is 4. The van der Waals surface area contributed by atoms with Gasteiger partial charge in [-0.15, -0.1) is 0 Å². The molecule has 756 valence electrons. The molecule has 0 saturated carbocycles. The van der Waals surface area contributed by atoms with Crippen molar-refractivity contribution in [3.05, 3.63) is 213 Å². The molecule has 12 amide bonds. The van der Waals surface area contributed by atoms with E-state index in [2.05, 4.69) is 82.2 Å². The van der Waals surface area contributed by atoms with Gasteiger partial charge >= 0.3 is 0 Å². The Hall–Kier alpha value is -15.8. The van der Waals surface area contributed by atoms with E-state index in [-0.39, 0.29) is 93.2 Å². The zero-order valence-electron chi connectivity index (χ0n) is 81.7. The number of benzene rings is 4. The average Bonchev–Trinajstić information content (AvgIpc) is 1.60. The molecule has 0 radical (unpaired) electrons. The SMILES string of the molecule is CCN1CCN(c2ccc3oc([C@]4(CN5Cc6ccc(OC)cc6C5=O)CC(=O)NC4=O)cc3n2)CC1.CC[C@@H]1CN(c2ccc3oc([C@]4(CN5Cc6ccc(OC)cc6C5=O)CC(=O)NC4=O)cc3n2)CCN1.COc1ccc2c(c1)C(=O)N(C[C@@]1(c3cc4nc(N5CCNCC5)ccc4o3)CC(=O)NC1=O)C2.COc1ccc2c(c1F)C(=O)N(C[C@@]1(c3cc4nc(N5CCN(C)CC5)ccc4o3)CC(=O)NC1=O)C2. The van der Waals surface area contributed by atoms with Crippen molar-refractivity contribution < 1.29 is 98.5 Å². The second-order valence-electron chi connectivity index (χ2n) is 39.0. The molecule has 24 rings (SSSR count). The fourth-order valence-electron chi connectivity index (χ4n) is 21.8. The van der Waals surface area contributed by atoms with E-state index in [0.29, 0.717) is 127 Å². The Bertz CT molecular complexity index is 7340. The molecule has 6 N–H and O–H groups in total. The number of ether oxygens (including phenoxy) is 4. The van der Waals surface area contributed by atoms with Gasteiger partial charge in [-0.3, -0.25) is 78.8 Å². The summed E-state index contributed by atoms with van der Waals surface area (Å²) in [5.41, 5.74) is 3.64. The number of fused-ring (bicyclic) bond motifs is 8. The molecule has 12 aliphatic rings. The summed E-state index contributed by atoms with van der Waals surface area (Å²) in [4.78, 5) is 194. The van der Waals surface area contributed by atoms with Gasteiger partial charge in [-0.1, -0.05) is 38.1 Å². The first kappa shape index (κ1) is 96.4. The summed E-state index contributed by atoms with van der Waals surface area (Å²) in [5.74, 6) is 0.830. The first-order chi connectivity index (χ1) is 70.5. The number of hydrogen-bond donors (Lipinski definition) is 6. The van der Waals surface area contributed by atoms with Gasteiger partial charge in [-0.05, 0) is 133 Å². The van der Waals surface area contributed by atoms with Crippen LogP contribution in [0.1, 0.15) is 133 Å². The van der Waals surface area contributed by atoms with Crippen LogP contribution >= 0.6 is 0 Å². The number of carbonyl (C=O) groups excluding carboxylic acids is 12. The Morgan fingerprint density at radius 2 is 0.699 bits per heavy atom. The van der Waals surface area contributed by atoms with Gasteiger partial charge in [0.1, 0.15) is 107 Å². The Morgan fingerprint density at radius 3 is 1.03 bits per heavy atom. The van der Waals surface area contributed by atoms with E-state index in [9.17, 15) is 61.9 Å². The lowest BCUT2D eigenvalue weighted by molar-refractivity contribution is -0.128. The van der Waals surface area contributed by atoms with Crippen LogP contribution < -0.4 is 70.4 Å². The van der Waals surface area contributed by atoms with Crippen LogP contribution in [0.25, 0.3) is 44.4 Å². The molecule has 0 unspecified atom stereocenters. The van der Waals surface area contributed by atoms with Crippen molar-refractivity contribution in [2.24, 2.45) is 0 Å².